The van der Waals surface area contributed by atoms with Crippen molar-refractivity contribution in [3.05, 3.63) is 29.8 Å². The molecule has 80 valence electrons. The Kier molecular flexibility index (Phi) is 2.35. The average molecular weight is 204 g/mol. The normalized spacial score (nSPS) is 25.3. The minimum atomic E-state index is 0.357. The van der Waals surface area contributed by atoms with E-state index in [1.165, 1.54) is 11.3 Å². The number of para-hydroxylation sites is 1. The molecule has 2 saturated heterocycles. The molecule has 1 aromatic rings. The average Bonchev–Trinajstić information content (AvgIpc) is 3.14. The molecule has 0 aromatic heterocycles. The molecular weight excluding hydrogens is 188 g/mol. The second-order valence-electron chi connectivity index (χ2n) is 4.12. The molecule has 15 heavy (non-hydrogen) atoms. The Bertz CT molecular complexity index is 343. The molecule has 3 nitrogen and oxygen atoms in total. The number of anilines is 1. The van der Waals surface area contributed by atoms with Crippen molar-refractivity contribution in [2.45, 2.75) is 6.10 Å². The third-order valence-electron chi connectivity index (χ3n) is 3.07. The molecule has 2 aliphatic heterocycles. The highest BCUT2D eigenvalue weighted by atomic mass is 16.6. The van der Waals surface area contributed by atoms with Crippen LogP contribution in [0.1, 0.15) is 11.7 Å². The maximum absolute atomic E-state index is 5.38. The third-order valence-corrected chi connectivity index (χ3v) is 3.07. The van der Waals surface area contributed by atoms with Crippen LogP contribution in [0.2, 0.25) is 0 Å². The van der Waals surface area contributed by atoms with Crippen LogP contribution >= 0.6 is 0 Å². The van der Waals surface area contributed by atoms with Crippen LogP contribution in [-0.2, 0) is 4.74 Å². The SMILES string of the molecule is c1ccc(N2CCNCC2)c(C2CO2)c1. The Morgan fingerprint density at radius 1 is 1.20 bits per heavy atom. The second-order valence-corrected chi connectivity index (χ2v) is 4.12. The fourth-order valence-electron chi connectivity index (χ4n) is 2.18. The summed E-state index contributed by atoms with van der Waals surface area (Å²) in [4.78, 5) is 2.45. The van der Waals surface area contributed by atoms with E-state index in [-0.39, 0.29) is 0 Å². The van der Waals surface area contributed by atoms with Crippen molar-refractivity contribution >= 4 is 5.69 Å². The molecule has 1 N–H and O–H groups in total. The van der Waals surface area contributed by atoms with Gasteiger partial charge in [0, 0.05) is 37.4 Å². The molecule has 0 radical (unpaired) electrons. The number of nitrogens with one attached hydrogen (secondary N) is 1. The van der Waals surface area contributed by atoms with E-state index in [0.29, 0.717) is 6.10 Å². The van der Waals surface area contributed by atoms with Gasteiger partial charge >= 0.3 is 0 Å². The van der Waals surface area contributed by atoms with E-state index in [2.05, 4.69) is 34.5 Å². The number of ether oxygens (including phenoxy) is 1. The highest BCUT2D eigenvalue weighted by Gasteiger charge is 2.28. The fraction of sp³-hybridized carbons (Fsp3) is 0.500. The Morgan fingerprint density at radius 3 is 2.67 bits per heavy atom. The topological polar surface area (TPSA) is 27.8 Å². The summed E-state index contributed by atoms with van der Waals surface area (Å²) in [6.07, 6.45) is 0.357. The largest absolute Gasteiger partial charge is 0.369 e. The van der Waals surface area contributed by atoms with Gasteiger partial charge in [-0.15, -0.1) is 0 Å². The van der Waals surface area contributed by atoms with Gasteiger partial charge in [0.2, 0.25) is 0 Å². The maximum Gasteiger partial charge on any atom is 0.108 e. The first-order valence-corrected chi connectivity index (χ1v) is 5.61. The van der Waals surface area contributed by atoms with Crippen molar-refractivity contribution in [2.75, 3.05) is 37.7 Å². The van der Waals surface area contributed by atoms with Crippen LogP contribution in [-0.4, -0.2) is 32.8 Å². The van der Waals surface area contributed by atoms with Gasteiger partial charge in [-0.2, -0.15) is 0 Å². The van der Waals surface area contributed by atoms with E-state index in [1.54, 1.807) is 0 Å². The Hall–Kier alpha value is -1.06. The summed E-state index contributed by atoms with van der Waals surface area (Å²) in [5.41, 5.74) is 2.72. The van der Waals surface area contributed by atoms with Crippen LogP contribution in [0.5, 0.6) is 0 Å². The van der Waals surface area contributed by atoms with Crippen molar-refractivity contribution < 1.29 is 4.74 Å². The van der Waals surface area contributed by atoms with Gasteiger partial charge in [-0.1, -0.05) is 18.2 Å². The predicted molar refractivity (Wildman–Crippen MR) is 60.2 cm³/mol. The van der Waals surface area contributed by atoms with Crippen LogP contribution in [0, 0.1) is 0 Å². The Morgan fingerprint density at radius 2 is 1.93 bits per heavy atom. The lowest BCUT2D eigenvalue weighted by molar-refractivity contribution is 0.415. The lowest BCUT2D eigenvalue weighted by Gasteiger charge is -2.30. The number of nitrogens with zero attached hydrogens (tertiary/aromatic N) is 1. The quantitative estimate of drug-likeness (QED) is 0.733. The molecule has 3 heteroatoms. The lowest BCUT2D eigenvalue weighted by atomic mass is 10.1. The molecule has 1 aromatic carbocycles. The van der Waals surface area contributed by atoms with E-state index in [1.807, 2.05) is 0 Å². The van der Waals surface area contributed by atoms with E-state index in [0.717, 1.165) is 32.8 Å². The summed E-state index contributed by atoms with van der Waals surface area (Å²) >= 11 is 0. The van der Waals surface area contributed by atoms with Gasteiger partial charge in [0.15, 0.2) is 0 Å². The zero-order valence-corrected chi connectivity index (χ0v) is 8.78. The van der Waals surface area contributed by atoms with E-state index in [9.17, 15) is 0 Å². The highest BCUT2D eigenvalue weighted by molar-refractivity contribution is 5.55. The fourth-order valence-corrected chi connectivity index (χ4v) is 2.18. The summed E-state index contributed by atoms with van der Waals surface area (Å²) in [5, 5.41) is 3.38. The van der Waals surface area contributed by atoms with Crippen molar-refractivity contribution in [1.82, 2.24) is 5.32 Å². The molecule has 0 amide bonds. The molecule has 2 aliphatic rings. The lowest BCUT2D eigenvalue weighted by Crippen LogP contribution is -2.43. The first kappa shape index (κ1) is 9.19. The molecule has 1 atom stereocenters. The van der Waals surface area contributed by atoms with Crippen LogP contribution in [0.4, 0.5) is 5.69 Å². The van der Waals surface area contributed by atoms with Crippen LogP contribution in [0.25, 0.3) is 0 Å². The highest BCUT2D eigenvalue weighted by Crippen LogP contribution is 2.36. The Balaban J connectivity index is 1.88. The molecule has 2 fully saturated rings. The Labute approximate surface area is 90.0 Å². The number of hydrogen-bond donors (Lipinski definition) is 1. The van der Waals surface area contributed by atoms with E-state index in [4.69, 9.17) is 4.74 Å². The van der Waals surface area contributed by atoms with Gasteiger partial charge in [-0.25, -0.2) is 0 Å². The second kappa shape index (κ2) is 3.83. The van der Waals surface area contributed by atoms with Crippen LogP contribution in [0.3, 0.4) is 0 Å². The monoisotopic (exact) mass is 204 g/mol. The van der Waals surface area contributed by atoms with Gasteiger partial charge in [-0.05, 0) is 6.07 Å². The van der Waals surface area contributed by atoms with Crippen LogP contribution in [0.15, 0.2) is 24.3 Å². The molecule has 2 heterocycles. The smallest absolute Gasteiger partial charge is 0.108 e. The molecular formula is C12H16N2O. The van der Waals surface area contributed by atoms with Crippen molar-refractivity contribution in [3.8, 4) is 0 Å². The molecule has 0 spiro atoms. The van der Waals surface area contributed by atoms with Gasteiger partial charge < -0.3 is 15.0 Å². The van der Waals surface area contributed by atoms with Crippen molar-refractivity contribution in [1.29, 1.82) is 0 Å². The van der Waals surface area contributed by atoms with Gasteiger partial charge in [0.1, 0.15) is 6.10 Å². The summed E-state index contributed by atoms with van der Waals surface area (Å²) < 4.78 is 5.38. The third kappa shape index (κ3) is 1.85. The van der Waals surface area contributed by atoms with E-state index >= 15 is 0 Å². The summed E-state index contributed by atoms with van der Waals surface area (Å²) in [7, 11) is 0. The first-order valence-electron chi connectivity index (χ1n) is 5.61. The zero-order valence-electron chi connectivity index (χ0n) is 8.78. The summed E-state index contributed by atoms with van der Waals surface area (Å²) in [6.45, 7) is 5.26. The first-order chi connectivity index (χ1) is 7.45. The van der Waals surface area contributed by atoms with Gasteiger partial charge in [0.25, 0.3) is 0 Å². The number of hydrogen-bond acceptors (Lipinski definition) is 3. The zero-order chi connectivity index (χ0) is 10.1. The van der Waals surface area contributed by atoms with Crippen LogP contribution < -0.4 is 10.2 Å². The van der Waals surface area contributed by atoms with Crippen molar-refractivity contribution in [2.24, 2.45) is 0 Å². The molecule has 3 rings (SSSR count). The number of epoxide rings is 1. The summed E-state index contributed by atoms with van der Waals surface area (Å²) in [6, 6.07) is 8.61. The molecule has 1 unspecified atom stereocenters. The van der Waals surface area contributed by atoms with Crippen molar-refractivity contribution in [3.63, 3.8) is 0 Å². The summed E-state index contributed by atoms with van der Waals surface area (Å²) in [5.74, 6) is 0. The molecule has 0 bridgehead atoms. The minimum absolute atomic E-state index is 0.357. The predicted octanol–water partition coefficient (Wildman–Crippen LogP) is 1.17. The minimum Gasteiger partial charge on any atom is -0.369 e. The maximum atomic E-state index is 5.38. The number of piperazine rings is 1. The standard InChI is InChI=1S/C12H16N2O/c1-2-4-11(10(3-1)12-9-15-12)14-7-5-13-6-8-14/h1-4,12-13H,5-9H2. The van der Waals surface area contributed by atoms with E-state index < -0.39 is 0 Å². The number of rotatable bonds is 2. The molecule has 0 aliphatic carbocycles. The van der Waals surface area contributed by atoms with Gasteiger partial charge in [0.05, 0.1) is 6.61 Å². The van der Waals surface area contributed by atoms with Gasteiger partial charge in [-0.3, -0.25) is 0 Å². The molecule has 0 saturated carbocycles. The number of benzene rings is 1.